The van der Waals surface area contributed by atoms with Crippen molar-refractivity contribution in [1.29, 1.82) is 0 Å². The molecule has 0 aromatic carbocycles. The Hall–Kier alpha value is -1.85. The number of hydrogen-bond donors (Lipinski definition) is 2. The number of aromatic nitrogens is 2. The van der Waals surface area contributed by atoms with E-state index in [9.17, 15) is 9.59 Å². The van der Waals surface area contributed by atoms with E-state index in [1.807, 2.05) is 0 Å². The van der Waals surface area contributed by atoms with Crippen molar-refractivity contribution in [2.75, 3.05) is 18.4 Å². The molecule has 6 nitrogen and oxygen atoms in total. The Labute approximate surface area is 99.0 Å². The monoisotopic (exact) mass is 236 g/mol. The summed E-state index contributed by atoms with van der Waals surface area (Å²) in [5.41, 5.74) is -0.280. The number of aromatic amines is 1. The molecule has 92 valence electrons. The van der Waals surface area contributed by atoms with Crippen molar-refractivity contribution in [3.05, 3.63) is 22.5 Å². The highest BCUT2D eigenvalue weighted by molar-refractivity contribution is 5.88. The molecule has 1 aromatic rings. The highest BCUT2D eigenvalue weighted by Gasteiger charge is 2.15. The van der Waals surface area contributed by atoms with Crippen molar-refractivity contribution in [3.63, 3.8) is 0 Å². The Balaban J connectivity index is 1.95. The number of urea groups is 1. The van der Waals surface area contributed by atoms with E-state index in [4.69, 9.17) is 0 Å². The van der Waals surface area contributed by atoms with E-state index >= 15 is 0 Å². The fourth-order valence-corrected chi connectivity index (χ4v) is 1.88. The smallest absolute Gasteiger partial charge is 0.323 e. The summed E-state index contributed by atoms with van der Waals surface area (Å²) in [4.78, 5) is 24.5. The van der Waals surface area contributed by atoms with E-state index in [0.29, 0.717) is 5.82 Å². The van der Waals surface area contributed by atoms with Gasteiger partial charge in [0.05, 0.1) is 0 Å². The van der Waals surface area contributed by atoms with Gasteiger partial charge in [-0.2, -0.15) is 5.10 Å². The van der Waals surface area contributed by atoms with Gasteiger partial charge in [0.15, 0.2) is 5.82 Å². The lowest BCUT2D eigenvalue weighted by atomic mass is 10.2. The fraction of sp³-hybridized carbons (Fsp3) is 0.545. The molecule has 2 N–H and O–H groups in total. The number of likely N-dealkylation sites (tertiary alicyclic amines) is 1. The second-order valence-corrected chi connectivity index (χ2v) is 4.14. The van der Waals surface area contributed by atoms with Crippen molar-refractivity contribution < 1.29 is 4.79 Å². The summed E-state index contributed by atoms with van der Waals surface area (Å²) in [6, 6.07) is 2.69. The molecular weight excluding hydrogens is 220 g/mol. The van der Waals surface area contributed by atoms with Crippen LogP contribution in [-0.4, -0.2) is 34.2 Å². The zero-order valence-electron chi connectivity index (χ0n) is 9.61. The lowest BCUT2D eigenvalue weighted by Crippen LogP contribution is -2.36. The van der Waals surface area contributed by atoms with Crippen LogP contribution in [-0.2, 0) is 0 Å². The Morgan fingerprint density at radius 2 is 1.94 bits per heavy atom. The quantitative estimate of drug-likeness (QED) is 0.768. The molecule has 1 aliphatic heterocycles. The number of nitrogens with zero attached hydrogens (tertiary/aromatic N) is 2. The van der Waals surface area contributed by atoms with Gasteiger partial charge in [0.1, 0.15) is 0 Å². The summed E-state index contributed by atoms with van der Waals surface area (Å²) in [6.07, 6.45) is 4.46. The number of H-pyrrole nitrogens is 1. The summed E-state index contributed by atoms with van der Waals surface area (Å²) in [5, 5.41) is 8.69. The molecule has 0 saturated carbocycles. The van der Waals surface area contributed by atoms with Crippen LogP contribution in [0.2, 0.25) is 0 Å². The molecule has 0 aliphatic carbocycles. The maximum Gasteiger partial charge on any atom is 0.323 e. The van der Waals surface area contributed by atoms with Crippen LogP contribution in [0.3, 0.4) is 0 Å². The molecular formula is C11H16N4O2. The first-order valence-corrected chi connectivity index (χ1v) is 5.87. The first kappa shape index (κ1) is 11.6. The van der Waals surface area contributed by atoms with Gasteiger partial charge in [-0.3, -0.25) is 10.1 Å². The average molecular weight is 236 g/mol. The molecule has 1 aromatic heterocycles. The van der Waals surface area contributed by atoms with E-state index in [0.717, 1.165) is 25.9 Å². The molecule has 2 amide bonds. The molecule has 1 aliphatic rings. The topological polar surface area (TPSA) is 78.1 Å². The summed E-state index contributed by atoms with van der Waals surface area (Å²) >= 11 is 0. The number of amides is 2. The lowest BCUT2D eigenvalue weighted by molar-refractivity contribution is 0.213. The molecule has 2 heterocycles. The van der Waals surface area contributed by atoms with Gasteiger partial charge in [-0.05, 0) is 18.9 Å². The standard InChI is InChI=1S/C11H16N4O2/c16-10-6-5-9(13-14-10)12-11(17)15-7-3-1-2-4-8-15/h5-6H,1-4,7-8H2,(H,14,16)(H,12,13,17). The minimum atomic E-state index is -0.280. The Bertz CT molecular complexity index is 415. The number of carbonyl (C=O) groups excluding carboxylic acids is 1. The third kappa shape index (κ3) is 3.30. The first-order valence-electron chi connectivity index (χ1n) is 5.87. The molecule has 1 fully saturated rings. The fourth-order valence-electron chi connectivity index (χ4n) is 1.88. The van der Waals surface area contributed by atoms with Crippen LogP contribution in [0.5, 0.6) is 0 Å². The Morgan fingerprint density at radius 3 is 2.53 bits per heavy atom. The van der Waals surface area contributed by atoms with Gasteiger partial charge in [-0.25, -0.2) is 9.89 Å². The van der Waals surface area contributed by atoms with Crippen LogP contribution >= 0.6 is 0 Å². The van der Waals surface area contributed by atoms with E-state index in [-0.39, 0.29) is 11.6 Å². The molecule has 17 heavy (non-hydrogen) atoms. The second kappa shape index (κ2) is 5.47. The maximum absolute atomic E-state index is 11.9. The van der Waals surface area contributed by atoms with Crippen molar-refractivity contribution in [1.82, 2.24) is 15.1 Å². The summed E-state index contributed by atoms with van der Waals surface area (Å²) < 4.78 is 0. The number of anilines is 1. The average Bonchev–Trinajstić information content (AvgIpc) is 2.61. The van der Waals surface area contributed by atoms with Gasteiger partial charge >= 0.3 is 6.03 Å². The van der Waals surface area contributed by atoms with Gasteiger partial charge in [0, 0.05) is 19.2 Å². The van der Waals surface area contributed by atoms with Crippen molar-refractivity contribution in [3.8, 4) is 0 Å². The molecule has 0 atom stereocenters. The highest BCUT2D eigenvalue weighted by atomic mass is 16.2. The lowest BCUT2D eigenvalue weighted by Gasteiger charge is -2.20. The molecule has 0 unspecified atom stereocenters. The Kier molecular flexibility index (Phi) is 3.74. The molecule has 2 rings (SSSR count). The third-order valence-corrected chi connectivity index (χ3v) is 2.81. The highest BCUT2D eigenvalue weighted by Crippen LogP contribution is 2.10. The molecule has 1 saturated heterocycles. The molecule has 0 bridgehead atoms. The van der Waals surface area contributed by atoms with Crippen molar-refractivity contribution in [2.24, 2.45) is 0 Å². The normalized spacial score (nSPS) is 16.4. The van der Waals surface area contributed by atoms with Gasteiger partial charge < -0.3 is 4.90 Å². The van der Waals surface area contributed by atoms with Crippen molar-refractivity contribution >= 4 is 11.8 Å². The maximum atomic E-state index is 11.9. The number of hydrogen-bond acceptors (Lipinski definition) is 3. The predicted molar refractivity (Wildman–Crippen MR) is 63.9 cm³/mol. The minimum absolute atomic E-state index is 0.147. The van der Waals surface area contributed by atoms with E-state index in [1.54, 1.807) is 4.90 Å². The predicted octanol–water partition coefficient (Wildman–Crippen LogP) is 1.18. The van der Waals surface area contributed by atoms with Gasteiger partial charge in [0.2, 0.25) is 0 Å². The van der Waals surface area contributed by atoms with E-state index < -0.39 is 0 Å². The van der Waals surface area contributed by atoms with Gasteiger partial charge in [-0.1, -0.05) is 12.8 Å². The van der Waals surface area contributed by atoms with Crippen LogP contribution in [0.15, 0.2) is 16.9 Å². The first-order chi connectivity index (χ1) is 8.25. The number of nitrogens with one attached hydrogen (secondary N) is 2. The Morgan fingerprint density at radius 1 is 1.24 bits per heavy atom. The van der Waals surface area contributed by atoms with Crippen molar-refractivity contribution in [2.45, 2.75) is 25.7 Å². The van der Waals surface area contributed by atoms with Gasteiger partial charge in [-0.15, -0.1) is 0 Å². The van der Waals surface area contributed by atoms with Crippen LogP contribution < -0.4 is 10.9 Å². The zero-order chi connectivity index (χ0) is 12.1. The molecule has 0 spiro atoms. The van der Waals surface area contributed by atoms with Crippen LogP contribution in [0.25, 0.3) is 0 Å². The third-order valence-electron chi connectivity index (χ3n) is 2.81. The summed E-state index contributed by atoms with van der Waals surface area (Å²) in [6.45, 7) is 1.57. The zero-order valence-corrected chi connectivity index (χ0v) is 9.61. The summed E-state index contributed by atoms with van der Waals surface area (Å²) in [7, 11) is 0. The molecule has 0 radical (unpaired) electrons. The summed E-state index contributed by atoms with van der Waals surface area (Å²) in [5.74, 6) is 0.374. The van der Waals surface area contributed by atoms with Crippen LogP contribution in [0, 0.1) is 0 Å². The SMILES string of the molecule is O=C(Nc1ccc(=O)[nH]n1)N1CCCCCC1. The largest absolute Gasteiger partial charge is 0.325 e. The van der Waals surface area contributed by atoms with Crippen LogP contribution in [0.1, 0.15) is 25.7 Å². The second-order valence-electron chi connectivity index (χ2n) is 4.14. The minimum Gasteiger partial charge on any atom is -0.325 e. The molecule has 6 heteroatoms. The number of carbonyl (C=O) groups is 1. The van der Waals surface area contributed by atoms with E-state index in [2.05, 4.69) is 15.5 Å². The van der Waals surface area contributed by atoms with Crippen LogP contribution in [0.4, 0.5) is 10.6 Å². The van der Waals surface area contributed by atoms with Gasteiger partial charge in [0.25, 0.3) is 5.56 Å². The number of rotatable bonds is 1. The van der Waals surface area contributed by atoms with E-state index in [1.165, 1.54) is 25.0 Å².